The summed E-state index contributed by atoms with van der Waals surface area (Å²) in [5, 5.41) is 0. The molecule has 10 aliphatic carbocycles. The van der Waals surface area contributed by atoms with Crippen molar-refractivity contribution in [2.75, 3.05) is 14.2 Å². The Labute approximate surface area is 219 Å². The van der Waals surface area contributed by atoms with Gasteiger partial charge < -0.3 is 9.47 Å². The maximum atomic E-state index is 13.8. The molecule has 18 atom stereocenters. The summed E-state index contributed by atoms with van der Waals surface area (Å²) in [5.41, 5.74) is 0.107. The van der Waals surface area contributed by atoms with Gasteiger partial charge in [0.05, 0.1) is 14.2 Å². The van der Waals surface area contributed by atoms with Gasteiger partial charge in [-0.15, -0.1) is 0 Å². The van der Waals surface area contributed by atoms with Gasteiger partial charge in [0.2, 0.25) is 0 Å². The fourth-order valence-corrected chi connectivity index (χ4v) is 23.3. The molecule has 32 heavy (non-hydrogen) atoms. The summed E-state index contributed by atoms with van der Waals surface area (Å²) >= 11 is 17.6. The van der Waals surface area contributed by atoms with Gasteiger partial charge in [-0.25, -0.2) is 0 Å². The van der Waals surface area contributed by atoms with Crippen LogP contribution in [0.3, 0.4) is 0 Å². The van der Waals surface area contributed by atoms with E-state index in [1.807, 2.05) is 0 Å². The minimum atomic E-state index is -0.692. The zero-order valence-corrected chi connectivity index (χ0v) is 23.8. The van der Waals surface area contributed by atoms with Crippen molar-refractivity contribution in [2.24, 2.45) is 81.8 Å². The highest BCUT2D eigenvalue weighted by molar-refractivity contribution is 9.11. The molecule has 10 rings (SSSR count). The summed E-state index contributed by atoms with van der Waals surface area (Å²) in [5.74, 6) is 5.32. The van der Waals surface area contributed by atoms with Crippen LogP contribution in [0.1, 0.15) is 12.8 Å². The first-order chi connectivity index (χ1) is 15.1. The zero-order chi connectivity index (χ0) is 21.9. The predicted octanol–water partition coefficient (Wildman–Crippen LogP) is 4.15. The monoisotopic (exact) mass is 690 g/mol. The summed E-state index contributed by atoms with van der Waals surface area (Å²) in [7, 11) is 3.11. The Bertz CT molecular complexity index is 1090. The molecule has 0 aromatic carbocycles. The molecule has 0 aliphatic heterocycles. The van der Waals surface area contributed by atoms with E-state index in [4.69, 9.17) is 9.47 Å². The number of halogens is 4. The Balaban J connectivity index is 1.45. The van der Waals surface area contributed by atoms with E-state index in [0.29, 0.717) is 35.5 Å². The minimum Gasteiger partial charge on any atom is -0.468 e. The lowest BCUT2D eigenvalue weighted by molar-refractivity contribution is -0.146. The number of ether oxygens (including phenoxy) is 2. The van der Waals surface area contributed by atoms with Crippen molar-refractivity contribution < 1.29 is 19.1 Å². The molecule has 0 amide bonds. The Morgan fingerprint density at radius 2 is 1.00 bits per heavy atom. The van der Waals surface area contributed by atoms with Crippen LogP contribution in [0.4, 0.5) is 0 Å². The van der Waals surface area contributed by atoms with Crippen molar-refractivity contribution in [3.8, 4) is 0 Å². The lowest BCUT2D eigenvalue weighted by atomic mass is 9.51. The van der Waals surface area contributed by atoms with Crippen molar-refractivity contribution in [1.29, 1.82) is 0 Å². The molecule has 0 radical (unpaired) electrons. The summed E-state index contributed by atoms with van der Waals surface area (Å²) in [6, 6.07) is 0. The topological polar surface area (TPSA) is 52.6 Å². The van der Waals surface area contributed by atoms with E-state index in [9.17, 15) is 9.59 Å². The molecule has 4 bridgehead atoms. The van der Waals surface area contributed by atoms with Crippen molar-refractivity contribution in [3.05, 3.63) is 0 Å². The highest BCUT2D eigenvalue weighted by Crippen LogP contribution is 3.12. The quantitative estimate of drug-likeness (QED) is 0.323. The molecule has 10 aliphatic rings. The van der Waals surface area contributed by atoms with Gasteiger partial charge in [0.25, 0.3) is 0 Å². The summed E-state index contributed by atoms with van der Waals surface area (Å²) in [6.07, 6.45) is 2.62. The number of hydrogen-bond acceptors (Lipinski definition) is 4. The maximum absolute atomic E-state index is 13.8. The Morgan fingerprint density at radius 3 is 1.41 bits per heavy atom. The molecular weight excluding hydrogens is 672 g/mol. The van der Waals surface area contributed by atoms with Crippen molar-refractivity contribution in [1.82, 2.24) is 0 Å². The fraction of sp³-hybridized carbons (Fsp3) is 0.917. The van der Waals surface area contributed by atoms with Crippen molar-refractivity contribution in [3.63, 3.8) is 0 Å². The molecule has 0 heterocycles. The van der Waals surface area contributed by atoms with Gasteiger partial charge in [-0.1, -0.05) is 63.7 Å². The number of alkyl halides is 4. The summed E-state index contributed by atoms with van der Waals surface area (Å²) in [6.45, 7) is 0. The predicted molar refractivity (Wildman–Crippen MR) is 127 cm³/mol. The third kappa shape index (κ3) is 1.02. The molecule has 0 aromatic rings. The zero-order valence-electron chi connectivity index (χ0n) is 17.5. The molecule has 0 saturated heterocycles. The number of rotatable bonds is 2. The molecule has 0 aromatic heterocycles. The van der Waals surface area contributed by atoms with Gasteiger partial charge >= 0.3 is 11.9 Å². The third-order valence-corrected chi connectivity index (χ3v) is 20.3. The van der Waals surface area contributed by atoms with E-state index in [-0.39, 0.29) is 55.1 Å². The first-order valence-electron chi connectivity index (χ1n) is 12.1. The van der Waals surface area contributed by atoms with E-state index >= 15 is 0 Å². The van der Waals surface area contributed by atoms with Crippen LogP contribution in [0, 0.1) is 81.8 Å². The summed E-state index contributed by atoms with van der Waals surface area (Å²) in [4.78, 5) is 27.5. The second kappa shape index (κ2) is 4.42. The van der Waals surface area contributed by atoms with Gasteiger partial charge in [0, 0.05) is 31.3 Å². The number of carbonyl (C=O) groups excluding carboxylic acids is 2. The van der Waals surface area contributed by atoms with E-state index in [1.54, 1.807) is 14.2 Å². The van der Waals surface area contributed by atoms with Crippen LogP contribution in [0.2, 0.25) is 0 Å². The number of methoxy groups -OCH3 is 2. The Morgan fingerprint density at radius 1 is 0.625 bits per heavy atom. The van der Waals surface area contributed by atoms with Gasteiger partial charge in [-0.3, -0.25) is 9.59 Å². The second-order valence-electron chi connectivity index (χ2n) is 12.9. The van der Waals surface area contributed by atoms with Crippen molar-refractivity contribution in [2.45, 2.75) is 30.1 Å². The van der Waals surface area contributed by atoms with Gasteiger partial charge in [0.1, 0.15) is 8.65 Å². The maximum Gasteiger partial charge on any atom is 0.323 e. The standard InChI is InChI=1S/C24H22Br4O4/c1-31-17(29)19(25)13-11-12-14(19)22-6-3-5-9-7-4-8(10(6)9)24(22,28)16(12)20(26,18(30)32-2)15(11)23(7,27)21(5,13)22/h5-16H,3-4H2,1-2H3/t5-,6+,7+,8-,9-,10-,11-,12-,13-,14+,15+,16-,19?,20?,21?,22?,23+,24-/m0/s1. The average Bonchev–Trinajstić information content (AvgIpc) is 3.57. The van der Waals surface area contributed by atoms with E-state index in [0.717, 1.165) is 11.8 Å². The molecule has 170 valence electrons. The lowest BCUT2D eigenvalue weighted by Gasteiger charge is -2.55. The Hall–Kier alpha value is 0.860. The minimum absolute atomic E-state index is 0.0533. The first kappa shape index (κ1) is 19.0. The molecule has 8 heteroatoms. The van der Waals surface area contributed by atoms with Gasteiger partial charge in [-0.05, 0) is 72.0 Å². The van der Waals surface area contributed by atoms with Crippen LogP contribution in [0.5, 0.6) is 0 Å². The van der Waals surface area contributed by atoms with Crippen LogP contribution in [0.25, 0.3) is 0 Å². The van der Waals surface area contributed by atoms with Gasteiger partial charge in [0.15, 0.2) is 0 Å². The van der Waals surface area contributed by atoms with Crippen LogP contribution in [-0.2, 0) is 19.1 Å². The van der Waals surface area contributed by atoms with E-state index < -0.39 is 8.65 Å². The average molecular weight is 694 g/mol. The SMILES string of the molecule is COC(=O)C1(Br)[C@H]2[C@@H]3[C@@H]4[C@@H]5C(Br)(C(=O)OC)[C@H]3[C@@]3(Br)[C@H]6C[C@@H]7[C@H]8[C@H]6[C@H]6C[C@@H]8C([C@@H]41)(C623)[C@@]75Br. The highest BCUT2D eigenvalue weighted by atomic mass is 79.9. The molecule has 2 spiro atoms. The smallest absolute Gasteiger partial charge is 0.323 e. The Kier molecular flexibility index (Phi) is 2.63. The first-order valence-corrected chi connectivity index (χ1v) is 15.2. The van der Waals surface area contributed by atoms with Crippen LogP contribution < -0.4 is 0 Å². The molecular formula is C24H22Br4O4. The lowest BCUT2D eigenvalue weighted by Crippen LogP contribution is -2.57. The van der Waals surface area contributed by atoms with Gasteiger partial charge in [-0.2, -0.15) is 0 Å². The molecule has 10 fully saturated rings. The molecule has 4 unspecified atom stereocenters. The summed E-state index contributed by atoms with van der Waals surface area (Å²) < 4.78 is 9.61. The highest BCUT2D eigenvalue weighted by Gasteiger charge is 3.14. The fourth-order valence-electron chi connectivity index (χ4n) is 15.6. The largest absolute Gasteiger partial charge is 0.468 e. The number of esters is 2. The molecule has 0 N–H and O–H groups in total. The second-order valence-corrected chi connectivity index (χ2v) is 18.2. The molecule has 4 nitrogen and oxygen atoms in total. The number of fused-ring (bicyclic) bond motifs is 4. The normalized spacial score (nSPS) is 80.3. The van der Waals surface area contributed by atoms with E-state index in [2.05, 4.69) is 63.7 Å². The van der Waals surface area contributed by atoms with Crippen LogP contribution in [-0.4, -0.2) is 43.5 Å². The van der Waals surface area contributed by atoms with E-state index in [1.165, 1.54) is 12.8 Å². The van der Waals surface area contributed by atoms with Crippen molar-refractivity contribution >= 4 is 75.7 Å². The number of hydrogen-bond donors (Lipinski definition) is 0. The number of carbonyl (C=O) groups is 2. The van der Waals surface area contributed by atoms with Crippen LogP contribution >= 0.6 is 63.7 Å². The van der Waals surface area contributed by atoms with Crippen LogP contribution in [0.15, 0.2) is 0 Å². The third-order valence-electron chi connectivity index (χ3n) is 14.2. The molecule has 10 saturated carbocycles.